The van der Waals surface area contributed by atoms with Crippen LogP contribution in [0.4, 0.5) is 17.6 Å². The van der Waals surface area contributed by atoms with Gasteiger partial charge in [-0.05, 0) is 75.3 Å². The summed E-state index contributed by atoms with van der Waals surface area (Å²) in [6, 6.07) is 6.39. The SMILES string of the molecule is CC(C)(NC(=O)c1ccc(C(=N)N2CCC(F)CC2)cc1F)C(C(=O)N1CCC(CC(=O)O)CC1)c1cc(F)cc(F)c1. The Hall–Kier alpha value is -3.96. The molecule has 0 saturated carbocycles. The first kappa shape index (κ1) is 32.0. The van der Waals surface area contributed by atoms with Gasteiger partial charge in [-0.2, -0.15) is 0 Å². The lowest BCUT2D eigenvalue weighted by molar-refractivity contribution is -0.139. The molecule has 0 aliphatic carbocycles. The lowest BCUT2D eigenvalue weighted by atomic mass is 9.79. The van der Waals surface area contributed by atoms with E-state index < -0.39 is 52.9 Å². The van der Waals surface area contributed by atoms with Crippen molar-refractivity contribution in [3.8, 4) is 0 Å². The van der Waals surface area contributed by atoms with Crippen LogP contribution in [0.2, 0.25) is 0 Å². The van der Waals surface area contributed by atoms with E-state index in [4.69, 9.17) is 10.5 Å². The van der Waals surface area contributed by atoms with Gasteiger partial charge in [0.1, 0.15) is 29.5 Å². The van der Waals surface area contributed by atoms with Gasteiger partial charge in [0.25, 0.3) is 5.91 Å². The van der Waals surface area contributed by atoms with Gasteiger partial charge in [0, 0.05) is 44.2 Å². The second-order valence-electron chi connectivity index (χ2n) is 11.9. The molecule has 0 spiro atoms. The highest BCUT2D eigenvalue weighted by Gasteiger charge is 2.42. The molecule has 2 fully saturated rings. The van der Waals surface area contributed by atoms with E-state index in [1.807, 2.05) is 0 Å². The first-order chi connectivity index (χ1) is 20.2. The first-order valence-electron chi connectivity index (χ1n) is 14.3. The normalized spacial score (nSPS) is 17.4. The highest BCUT2D eigenvalue weighted by molar-refractivity contribution is 6.00. The van der Waals surface area contributed by atoms with Crippen LogP contribution in [0.1, 0.15) is 73.4 Å². The number of carbonyl (C=O) groups is 3. The van der Waals surface area contributed by atoms with Crippen LogP contribution >= 0.6 is 0 Å². The fraction of sp³-hybridized carbons (Fsp3) is 0.484. The fourth-order valence-electron chi connectivity index (χ4n) is 5.93. The average molecular weight is 605 g/mol. The molecule has 2 amide bonds. The van der Waals surface area contributed by atoms with Gasteiger partial charge in [0.15, 0.2) is 0 Å². The van der Waals surface area contributed by atoms with Crippen LogP contribution in [0.25, 0.3) is 0 Å². The molecule has 2 aliphatic rings. The van der Waals surface area contributed by atoms with Crippen LogP contribution in [0.3, 0.4) is 0 Å². The molecule has 232 valence electrons. The quantitative estimate of drug-likeness (QED) is 0.226. The first-order valence-corrected chi connectivity index (χ1v) is 14.3. The molecule has 3 N–H and O–H groups in total. The summed E-state index contributed by atoms with van der Waals surface area (Å²) in [7, 11) is 0. The Morgan fingerprint density at radius 3 is 2.09 bits per heavy atom. The molecule has 2 aromatic carbocycles. The van der Waals surface area contributed by atoms with Gasteiger partial charge >= 0.3 is 5.97 Å². The van der Waals surface area contributed by atoms with Crippen LogP contribution in [-0.2, 0) is 9.59 Å². The zero-order valence-corrected chi connectivity index (χ0v) is 24.1. The summed E-state index contributed by atoms with van der Waals surface area (Å²) < 4.78 is 57.3. The molecular weight excluding hydrogens is 568 g/mol. The van der Waals surface area contributed by atoms with Crippen molar-refractivity contribution in [1.82, 2.24) is 15.1 Å². The smallest absolute Gasteiger partial charge is 0.303 e. The van der Waals surface area contributed by atoms with Crippen molar-refractivity contribution < 1.29 is 37.1 Å². The summed E-state index contributed by atoms with van der Waals surface area (Å²) in [6.07, 6.45) is 0.466. The maximum atomic E-state index is 15.2. The third-order valence-corrected chi connectivity index (χ3v) is 8.24. The maximum Gasteiger partial charge on any atom is 0.303 e. The molecule has 4 rings (SSSR count). The number of nitrogens with one attached hydrogen (secondary N) is 2. The monoisotopic (exact) mass is 604 g/mol. The minimum atomic E-state index is -1.46. The summed E-state index contributed by atoms with van der Waals surface area (Å²) in [5.41, 5.74) is -1.60. The number of nitrogens with zero attached hydrogens (tertiary/aromatic N) is 2. The number of alkyl halides is 1. The van der Waals surface area contributed by atoms with Crippen LogP contribution in [-0.4, -0.2) is 76.4 Å². The highest BCUT2D eigenvalue weighted by atomic mass is 19.1. The van der Waals surface area contributed by atoms with Gasteiger partial charge in [-0.1, -0.05) is 6.07 Å². The van der Waals surface area contributed by atoms with Crippen LogP contribution in [0.15, 0.2) is 36.4 Å². The van der Waals surface area contributed by atoms with Crippen molar-refractivity contribution in [3.05, 3.63) is 70.5 Å². The molecule has 2 aliphatic heterocycles. The lowest BCUT2D eigenvalue weighted by Crippen LogP contribution is -2.54. The van der Waals surface area contributed by atoms with Gasteiger partial charge < -0.3 is 20.2 Å². The molecule has 0 aromatic heterocycles. The number of hydrogen-bond acceptors (Lipinski definition) is 4. The summed E-state index contributed by atoms with van der Waals surface area (Å²) in [4.78, 5) is 41.4. The number of piperidine rings is 2. The van der Waals surface area contributed by atoms with Crippen LogP contribution < -0.4 is 5.32 Å². The number of carbonyl (C=O) groups excluding carboxylic acids is 2. The van der Waals surface area contributed by atoms with E-state index in [0.717, 1.165) is 18.2 Å². The summed E-state index contributed by atoms with van der Waals surface area (Å²) in [5, 5.41) is 20.2. The Labute approximate surface area is 247 Å². The number of aliphatic carboxylic acids is 1. The Morgan fingerprint density at radius 2 is 1.53 bits per heavy atom. The van der Waals surface area contributed by atoms with Crippen molar-refractivity contribution in [3.63, 3.8) is 0 Å². The molecule has 8 nitrogen and oxygen atoms in total. The van der Waals surface area contributed by atoms with Gasteiger partial charge in [-0.25, -0.2) is 17.6 Å². The Morgan fingerprint density at radius 1 is 0.953 bits per heavy atom. The van der Waals surface area contributed by atoms with Crippen molar-refractivity contribution in [2.24, 2.45) is 5.92 Å². The molecular formula is C31H36F4N4O4. The molecule has 1 unspecified atom stereocenters. The minimum absolute atomic E-state index is 0.0122. The van der Waals surface area contributed by atoms with Gasteiger partial charge in [-0.15, -0.1) is 0 Å². The van der Waals surface area contributed by atoms with Crippen LogP contribution in [0, 0.1) is 28.8 Å². The average Bonchev–Trinajstić information content (AvgIpc) is 2.92. The number of benzene rings is 2. The minimum Gasteiger partial charge on any atom is -0.481 e. The number of carboxylic acid groups (broad SMARTS) is 1. The molecule has 12 heteroatoms. The van der Waals surface area contributed by atoms with Crippen LogP contribution in [0.5, 0.6) is 0 Å². The van der Waals surface area contributed by atoms with E-state index >= 15 is 4.39 Å². The summed E-state index contributed by atoms with van der Waals surface area (Å²) >= 11 is 0. The number of hydrogen-bond donors (Lipinski definition) is 3. The molecule has 2 aromatic rings. The third-order valence-electron chi connectivity index (χ3n) is 8.24. The molecule has 1 atom stereocenters. The van der Waals surface area contributed by atoms with E-state index in [-0.39, 0.29) is 60.8 Å². The topological polar surface area (TPSA) is 114 Å². The lowest BCUT2D eigenvalue weighted by Gasteiger charge is -2.40. The number of likely N-dealkylation sites (tertiary alicyclic amines) is 2. The van der Waals surface area contributed by atoms with Gasteiger partial charge in [-0.3, -0.25) is 19.8 Å². The summed E-state index contributed by atoms with van der Waals surface area (Å²) in [5.74, 6) is -6.38. The van der Waals surface area contributed by atoms with E-state index in [9.17, 15) is 27.6 Å². The molecule has 43 heavy (non-hydrogen) atoms. The number of amides is 2. The predicted molar refractivity (Wildman–Crippen MR) is 151 cm³/mol. The molecule has 0 bridgehead atoms. The zero-order chi connectivity index (χ0) is 31.5. The van der Waals surface area contributed by atoms with Gasteiger partial charge in [0.05, 0.1) is 17.0 Å². The summed E-state index contributed by atoms with van der Waals surface area (Å²) in [6.45, 7) is 4.13. The van der Waals surface area contributed by atoms with E-state index in [2.05, 4.69) is 5.32 Å². The Kier molecular flexibility index (Phi) is 9.76. The standard InChI is InChI=1S/C31H36F4N4O4/c1-31(2,37-29(42)24-4-3-19(16-25(24)35)28(36)38-11-7-21(32)8-12-38)27(20-14-22(33)17-23(34)15-20)30(43)39-9-5-18(6-10-39)13-26(40)41/h3-4,14-18,21,27,36H,5-13H2,1-2H3,(H,37,42)(H,40,41). The fourth-order valence-corrected chi connectivity index (χ4v) is 5.93. The Balaban J connectivity index is 1.55. The number of amidine groups is 1. The zero-order valence-electron chi connectivity index (χ0n) is 24.1. The third kappa shape index (κ3) is 7.71. The predicted octanol–water partition coefficient (Wildman–Crippen LogP) is 4.87. The second kappa shape index (κ2) is 13.1. The number of halogens is 4. The number of carboxylic acids is 1. The van der Waals surface area contributed by atoms with Gasteiger partial charge in [0.2, 0.25) is 5.91 Å². The number of rotatable bonds is 8. The maximum absolute atomic E-state index is 15.2. The molecule has 2 saturated heterocycles. The van der Waals surface area contributed by atoms with Crippen molar-refractivity contribution >= 4 is 23.6 Å². The van der Waals surface area contributed by atoms with E-state index in [1.165, 1.54) is 30.9 Å². The second-order valence-corrected chi connectivity index (χ2v) is 11.9. The van der Waals surface area contributed by atoms with E-state index in [1.54, 1.807) is 4.90 Å². The van der Waals surface area contributed by atoms with Crippen molar-refractivity contribution in [1.29, 1.82) is 5.41 Å². The van der Waals surface area contributed by atoms with Crippen molar-refractivity contribution in [2.45, 2.75) is 63.6 Å². The largest absolute Gasteiger partial charge is 0.481 e. The molecule has 2 heterocycles. The van der Waals surface area contributed by atoms with Crippen molar-refractivity contribution in [2.75, 3.05) is 26.2 Å². The van der Waals surface area contributed by atoms with E-state index in [0.29, 0.717) is 32.0 Å². The highest BCUT2D eigenvalue weighted by Crippen LogP contribution is 2.34. The Bertz CT molecular complexity index is 1370. The molecule has 0 radical (unpaired) electrons.